The van der Waals surface area contributed by atoms with Gasteiger partial charge in [-0.25, -0.2) is 4.79 Å². The molecule has 38 heavy (non-hydrogen) atoms. The summed E-state index contributed by atoms with van der Waals surface area (Å²) < 4.78 is 4.88. The molecule has 2 heterocycles. The lowest BCUT2D eigenvalue weighted by Crippen LogP contribution is -2.57. The summed E-state index contributed by atoms with van der Waals surface area (Å²) in [5, 5.41) is 6.04. The van der Waals surface area contributed by atoms with E-state index in [-0.39, 0.29) is 23.2 Å². The van der Waals surface area contributed by atoms with E-state index in [1.54, 1.807) is 23.6 Å². The summed E-state index contributed by atoms with van der Waals surface area (Å²) in [4.78, 5) is 55.8. The van der Waals surface area contributed by atoms with Gasteiger partial charge in [0.2, 0.25) is 17.7 Å². The Labute approximate surface area is 229 Å². The number of methoxy groups -OCH3 is 1. The number of nitrogens with zero attached hydrogens (tertiary/aromatic N) is 2. The van der Waals surface area contributed by atoms with Gasteiger partial charge in [-0.05, 0) is 68.7 Å². The summed E-state index contributed by atoms with van der Waals surface area (Å²) in [6.45, 7) is 4.05. The van der Waals surface area contributed by atoms with E-state index < -0.39 is 30.1 Å². The molecule has 0 saturated carbocycles. The Balaban J connectivity index is 1.44. The zero-order valence-corrected chi connectivity index (χ0v) is 23.4. The minimum Gasteiger partial charge on any atom is -0.453 e. The Hall–Kier alpha value is -2.75. The van der Waals surface area contributed by atoms with Crippen LogP contribution in [0.4, 0.5) is 4.79 Å². The predicted molar refractivity (Wildman–Crippen MR) is 146 cm³/mol. The van der Waals surface area contributed by atoms with E-state index in [0.29, 0.717) is 25.1 Å². The summed E-state index contributed by atoms with van der Waals surface area (Å²) >= 11 is 1.67. The standard InChI is InChI=1S/C28H40N4O5S/c1-4-5-16-31(28(36)37-3)18(2)25(33)30-22-15-17-38-24-14-13-23(32(24)27(22)35)26(34)29-21-12-8-10-19-9-6-7-11-20(19)21/h6-7,9,11,18,21-24H,4-5,8,10,12-17H2,1-3H3,(H,29,34)(H,30,33)/t18-,21+,22-,23?,24-/m0/s1. The molecule has 0 aromatic heterocycles. The van der Waals surface area contributed by atoms with Crippen molar-refractivity contribution in [3.8, 4) is 0 Å². The van der Waals surface area contributed by atoms with Gasteiger partial charge in [0.05, 0.1) is 18.5 Å². The van der Waals surface area contributed by atoms with Crippen LogP contribution in [0.15, 0.2) is 24.3 Å². The van der Waals surface area contributed by atoms with Gasteiger partial charge < -0.3 is 20.3 Å². The van der Waals surface area contributed by atoms with Gasteiger partial charge in [0.1, 0.15) is 18.1 Å². The number of unbranched alkanes of at least 4 members (excludes halogenated alkanes) is 1. The topological polar surface area (TPSA) is 108 Å². The fourth-order valence-electron chi connectivity index (χ4n) is 5.75. The number of fused-ring (bicyclic) bond motifs is 2. The van der Waals surface area contributed by atoms with Crippen molar-refractivity contribution < 1.29 is 23.9 Å². The highest BCUT2D eigenvalue weighted by atomic mass is 32.2. The van der Waals surface area contributed by atoms with Crippen LogP contribution in [0, 0.1) is 0 Å². The monoisotopic (exact) mass is 544 g/mol. The highest BCUT2D eigenvalue weighted by Crippen LogP contribution is 2.37. The van der Waals surface area contributed by atoms with Gasteiger partial charge in [-0.2, -0.15) is 0 Å². The first-order chi connectivity index (χ1) is 18.3. The molecule has 1 aromatic carbocycles. The number of ether oxygens (including phenoxy) is 1. The van der Waals surface area contributed by atoms with Crippen molar-refractivity contribution >= 4 is 35.6 Å². The number of carbonyl (C=O) groups excluding carboxylic acids is 4. The third kappa shape index (κ3) is 6.11. The molecule has 4 rings (SSSR count). The summed E-state index contributed by atoms with van der Waals surface area (Å²) in [5.41, 5.74) is 2.43. The van der Waals surface area contributed by atoms with Crippen LogP contribution in [0.5, 0.6) is 0 Å². The maximum atomic E-state index is 13.7. The largest absolute Gasteiger partial charge is 0.453 e. The second-order valence-electron chi connectivity index (χ2n) is 10.4. The predicted octanol–water partition coefficient (Wildman–Crippen LogP) is 3.38. The van der Waals surface area contributed by atoms with Crippen LogP contribution in [0.3, 0.4) is 0 Å². The average molecular weight is 545 g/mol. The molecule has 1 aliphatic carbocycles. The van der Waals surface area contributed by atoms with E-state index in [9.17, 15) is 19.2 Å². The first-order valence-electron chi connectivity index (χ1n) is 13.8. The third-order valence-electron chi connectivity index (χ3n) is 7.92. The fraction of sp³-hybridized carbons (Fsp3) is 0.643. The molecule has 9 nitrogen and oxygen atoms in total. The van der Waals surface area contributed by atoms with Crippen molar-refractivity contribution in [3.05, 3.63) is 35.4 Å². The van der Waals surface area contributed by atoms with Gasteiger partial charge in [0.25, 0.3) is 0 Å². The molecular formula is C28H40N4O5S. The first-order valence-corrected chi connectivity index (χ1v) is 14.9. The minimum absolute atomic E-state index is 0.0509. The lowest BCUT2D eigenvalue weighted by Gasteiger charge is -2.33. The van der Waals surface area contributed by atoms with Crippen molar-refractivity contribution in [3.63, 3.8) is 0 Å². The van der Waals surface area contributed by atoms with Crippen molar-refractivity contribution in [2.45, 2.75) is 94.8 Å². The number of rotatable bonds is 8. The summed E-state index contributed by atoms with van der Waals surface area (Å²) in [5.74, 6) is -0.0414. The summed E-state index contributed by atoms with van der Waals surface area (Å²) in [7, 11) is 1.29. The van der Waals surface area contributed by atoms with Crippen molar-refractivity contribution in [2.75, 3.05) is 19.4 Å². The SMILES string of the molecule is CCCCN(C(=O)OC)[C@@H](C)C(=O)N[C@H]1CCS[C@H]2CCC(C(=O)N[C@@H]3CCCc4ccccc43)N2C1=O. The quantitative estimate of drug-likeness (QED) is 0.520. The normalized spacial score (nSPS) is 25.4. The van der Waals surface area contributed by atoms with Crippen LogP contribution in [0.25, 0.3) is 0 Å². The number of amides is 4. The van der Waals surface area contributed by atoms with Crippen molar-refractivity contribution in [2.24, 2.45) is 0 Å². The summed E-state index contributed by atoms with van der Waals surface area (Å²) in [6.07, 6.45) is 5.79. The Morgan fingerprint density at radius 2 is 1.92 bits per heavy atom. The molecule has 0 radical (unpaired) electrons. The molecule has 1 aromatic rings. The van der Waals surface area contributed by atoms with Gasteiger partial charge in [0.15, 0.2) is 0 Å². The minimum atomic E-state index is -0.780. The number of carbonyl (C=O) groups is 4. The van der Waals surface area contributed by atoms with Gasteiger partial charge in [0, 0.05) is 6.54 Å². The van der Waals surface area contributed by atoms with Crippen LogP contribution < -0.4 is 10.6 Å². The van der Waals surface area contributed by atoms with E-state index in [1.807, 2.05) is 19.1 Å². The number of thioether (sulfide) groups is 1. The van der Waals surface area contributed by atoms with Crippen molar-refractivity contribution in [1.82, 2.24) is 20.4 Å². The molecule has 2 fully saturated rings. The molecule has 0 bridgehead atoms. The number of benzene rings is 1. The lowest BCUT2D eigenvalue weighted by molar-refractivity contribution is -0.142. The van der Waals surface area contributed by atoms with Crippen LogP contribution in [-0.2, 0) is 25.5 Å². The third-order valence-corrected chi connectivity index (χ3v) is 9.24. The second kappa shape index (κ2) is 12.9. The zero-order chi connectivity index (χ0) is 27.2. The van der Waals surface area contributed by atoms with Crippen LogP contribution in [0.2, 0.25) is 0 Å². The van der Waals surface area contributed by atoms with E-state index in [0.717, 1.165) is 44.1 Å². The van der Waals surface area contributed by atoms with E-state index in [4.69, 9.17) is 4.74 Å². The molecule has 1 unspecified atom stereocenters. The van der Waals surface area contributed by atoms with Gasteiger partial charge in [-0.1, -0.05) is 37.6 Å². The van der Waals surface area contributed by atoms with Gasteiger partial charge >= 0.3 is 6.09 Å². The number of nitrogens with one attached hydrogen (secondary N) is 2. The highest BCUT2D eigenvalue weighted by molar-refractivity contribution is 7.99. The summed E-state index contributed by atoms with van der Waals surface area (Å²) in [6, 6.07) is 6.10. The maximum Gasteiger partial charge on any atom is 0.410 e. The molecular weight excluding hydrogens is 504 g/mol. The molecule has 208 valence electrons. The molecule has 5 atom stereocenters. The number of hydrogen-bond donors (Lipinski definition) is 2. The lowest BCUT2D eigenvalue weighted by atomic mass is 9.87. The molecule has 10 heteroatoms. The number of hydrogen-bond acceptors (Lipinski definition) is 6. The molecule has 2 saturated heterocycles. The Morgan fingerprint density at radius 3 is 2.68 bits per heavy atom. The Morgan fingerprint density at radius 1 is 1.13 bits per heavy atom. The Bertz CT molecular complexity index is 1040. The average Bonchev–Trinajstić information content (AvgIpc) is 3.29. The van der Waals surface area contributed by atoms with E-state index >= 15 is 0 Å². The Kier molecular flexibility index (Phi) is 9.57. The van der Waals surface area contributed by atoms with Gasteiger partial charge in [-0.3, -0.25) is 19.3 Å². The smallest absolute Gasteiger partial charge is 0.410 e. The number of aryl methyl sites for hydroxylation is 1. The molecule has 4 amide bonds. The van der Waals surface area contributed by atoms with Crippen LogP contribution >= 0.6 is 11.8 Å². The highest BCUT2D eigenvalue weighted by Gasteiger charge is 2.46. The van der Waals surface area contributed by atoms with Crippen molar-refractivity contribution in [1.29, 1.82) is 0 Å². The van der Waals surface area contributed by atoms with Crippen LogP contribution in [0.1, 0.15) is 76.0 Å². The molecule has 2 N–H and O–H groups in total. The maximum absolute atomic E-state index is 13.7. The van der Waals surface area contributed by atoms with E-state index in [2.05, 4.69) is 22.8 Å². The molecule has 0 spiro atoms. The van der Waals surface area contributed by atoms with Crippen LogP contribution in [-0.4, -0.2) is 76.5 Å². The second-order valence-corrected chi connectivity index (χ2v) is 11.6. The first kappa shape index (κ1) is 28.3. The van der Waals surface area contributed by atoms with Gasteiger partial charge in [-0.15, -0.1) is 11.8 Å². The zero-order valence-electron chi connectivity index (χ0n) is 22.6. The fourth-order valence-corrected chi connectivity index (χ4v) is 7.11. The molecule has 3 aliphatic rings. The van der Waals surface area contributed by atoms with E-state index in [1.165, 1.54) is 17.6 Å². The molecule has 2 aliphatic heterocycles.